The molecule has 0 amide bonds. The molecule has 2 heterocycles. The predicted molar refractivity (Wildman–Crippen MR) is 73.4 cm³/mol. The van der Waals surface area contributed by atoms with E-state index >= 15 is 0 Å². The Morgan fingerprint density at radius 1 is 1.35 bits per heavy atom. The lowest BCUT2D eigenvalue weighted by atomic mass is 10.1. The van der Waals surface area contributed by atoms with E-state index in [0.717, 1.165) is 18.7 Å². The van der Waals surface area contributed by atoms with Crippen LogP contribution in [0.5, 0.6) is 0 Å². The van der Waals surface area contributed by atoms with Gasteiger partial charge in [-0.25, -0.2) is 0 Å². The number of nitrogens with one attached hydrogen (secondary N) is 1. The second-order valence-electron chi connectivity index (χ2n) is 4.10. The first-order valence-electron chi connectivity index (χ1n) is 5.98. The molecule has 0 aliphatic rings. The molecule has 2 aromatic heterocycles. The normalized spacial score (nSPS) is 12.6. The van der Waals surface area contributed by atoms with Crippen LogP contribution in [0.3, 0.4) is 0 Å². The van der Waals surface area contributed by atoms with Gasteiger partial charge < -0.3 is 5.32 Å². The molecule has 0 aliphatic carbocycles. The fraction of sp³-hybridized carbons (Fsp3) is 0.357. The van der Waals surface area contributed by atoms with E-state index in [1.165, 1.54) is 10.4 Å². The topological polar surface area (TPSA) is 24.9 Å². The van der Waals surface area contributed by atoms with Crippen LogP contribution in [0.4, 0.5) is 0 Å². The van der Waals surface area contributed by atoms with Crippen molar-refractivity contribution >= 4 is 11.3 Å². The monoisotopic (exact) mass is 246 g/mol. The van der Waals surface area contributed by atoms with E-state index in [2.05, 4.69) is 41.7 Å². The Morgan fingerprint density at radius 2 is 2.24 bits per heavy atom. The van der Waals surface area contributed by atoms with Crippen LogP contribution in [0.25, 0.3) is 0 Å². The van der Waals surface area contributed by atoms with Crippen LogP contribution in [0, 0.1) is 6.92 Å². The number of hydrogen-bond acceptors (Lipinski definition) is 3. The summed E-state index contributed by atoms with van der Waals surface area (Å²) in [5.41, 5.74) is 2.52. The lowest BCUT2D eigenvalue weighted by Crippen LogP contribution is -2.23. The number of rotatable bonds is 5. The first kappa shape index (κ1) is 12.3. The van der Waals surface area contributed by atoms with Gasteiger partial charge in [0.25, 0.3) is 0 Å². The fourth-order valence-corrected chi connectivity index (χ4v) is 2.98. The van der Waals surface area contributed by atoms with Crippen LogP contribution in [0.2, 0.25) is 0 Å². The molecule has 0 radical (unpaired) electrons. The van der Waals surface area contributed by atoms with E-state index in [4.69, 9.17) is 0 Å². The molecule has 1 atom stereocenters. The highest BCUT2D eigenvalue weighted by Crippen LogP contribution is 2.26. The van der Waals surface area contributed by atoms with Gasteiger partial charge in [0.05, 0.1) is 0 Å². The molecule has 0 aromatic carbocycles. The molecular weight excluding hydrogens is 228 g/mol. The van der Waals surface area contributed by atoms with Crippen molar-refractivity contribution in [3.8, 4) is 0 Å². The zero-order valence-corrected chi connectivity index (χ0v) is 11.1. The SMILES string of the molecule is CCNC(Cc1ccccn1)c1sccc1C. The van der Waals surface area contributed by atoms with Crippen molar-refractivity contribution in [2.24, 2.45) is 0 Å². The molecule has 0 fully saturated rings. The average Bonchev–Trinajstić information content (AvgIpc) is 2.76. The second-order valence-corrected chi connectivity index (χ2v) is 5.05. The maximum atomic E-state index is 4.40. The van der Waals surface area contributed by atoms with Crippen molar-refractivity contribution in [3.05, 3.63) is 52.0 Å². The molecule has 0 spiro atoms. The van der Waals surface area contributed by atoms with Gasteiger partial charge in [-0.1, -0.05) is 13.0 Å². The minimum Gasteiger partial charge on any atom is -0.309 e. The van der Waals surface area contributed by atoms with E-state index in [9.17, 15) is 0 Å². The van der Waals surface area contributed by atoms with Crippen LogP contribution < -0.4 is 5.32 Å². The molecule has 2 rings (SSSR count). The molecule has 2 aromatic rings. The summed E-state index contributed by atoms with van der Waals surface area (Å²) >= 11 is 1.83. The van der Waals surface area contributed by atoms with Gasteiger partial charge in [-0.15, -0.1) is 11.3 Å². The highest BCUT2D eigenvalue weighted by atomic mass is 32.1. The molecular formula is C14H18N2S. The molecule has 0 saturated carbocycles. The summed E-state index contributed by atoms with van der Waals surface area (Å²) in [6.07, 6.45) is 2.82. The standard InChI is InChI=1S/C14H18N2S/c1-3-15-13(14-11(2)7-9-17-14)10-12-6-4-5-8-16-12/h4-9,13,15H,3,10H2,1-2H3. The maximum Gasteiger partial charge on any atom is 0.0473 e. The average molecular weight is 246 g/mol. The first-order chi connectivity index (χ1) is 8.31. The smallest absolute Gasteiger partial charge is 0.0473 e. The lowest BCUT2D eigenvalue weighted by molar-refractivity contribution is 0.550. The molecule has 17 heavy (non-hydrogen) atoms. The number of likely N-dealkylation sites (N-methyl/N-ethyl adjacent to an activating group) is 1. The van der Waals surface area contributed by atoms with Crippen LogP contribution in [-0.2, 0) is 6.42 Å². The summed E-state index contributed by atoms with van der Waals surface area (Å²) in [7, 11) is 0. The van der Waals surface area contributed by atoms with Crippen LogP contribution in [0.1, 0.15) is 29.1 Å². The van der Waals surface area contributed by atoms with E-state index in [1.807, 2.05) is 29.7 Å². The second kappa shape index (κ2) is 5.94. The molecule has 0 saturated heterocycles. The minimum atomic E-state index is 0.384. The third-order valence-electron chi connectivity index (χ3n) is 2.81. The molecule has 1 unspecified atom stereocenters. The minimum absolute atomic E-state index is 0.384. The van der Waals surface area contributed by atoms with Crippen molar-refractivity contribution in [1.29, 1.82) is 0 Å². The quantitative estimate of drug-likeness (QED) is 0.875. The first-order valence-corrected chi connectivity index (χ1v) is 6.86. The fourth-order valence-electron chi connectivity index (χ4n) is 1.97. The molecule has 1 N–H and O–H groups in total. The summed E-state index contributed by atoms with van der Waals surface area (Å²) in [5, 5.41) is 5.70. The van der Waals surface area contributed by atoms with Gasteiger partial charge in [-0.2, -0.15) is 0 Å². The number of pyridine rings is 1. The van der Waals surface area contributed by atoms with Gasteiger partial charge in [0.2, 0.25) is 0 Å². The third kappa shape index (κ3) is 3.14. The zero-order valence-electron chi connectivity index (χ0n) is 10.3. The number of aromatic nitrogens is 1. The van der Waals surface area contributed by atoms with Crippen molar-refractivity contribution in [1.82, 2.24) is 10.3 Å². The Balaban J connectivity index is 2.16. The van der Waals surface area contributed by atoms with Gasteiger partial charge in [-0.3, -0.25) is 4.98 Å². The van der Waals surface area contributed by atoms with Gasteiger partial charge in [0.15, 0.2) is 0 Å². The van der Waals surface area contributed by atoms with Gasteiger partial charge in [0.1, 0.15) is 0 Å². The Kier molecular flexibility index (Phi) is 4.29. The molecule has 2 nitrogen and oxygen atoms in total. The number of aryl methyl sites for hydroxylation is 1. The summed E-state index contributed by atoms with van der Waals surface area (Å²) in [4.78, 5) is 5.83. The summed E-state index contributed by atoms with van der Waals surface area (Å²) < 4.78 is 0. The number of thiophene rings is 1. The predicted octanol–water partition coefficient (Wildman–Crippen LogP) is 3.34. The van der Waals surface area contributed by atoms with Crippen molar-refractivity contribution in [2.75, 3.05) is 6.54 Å². The third-order valence-corrected chi connectivity index (χ3v) is 3.94. The van der Waals surface area contributed by atoms with E-state index < -0.39 is 0 Å². The van der Waals surface area contributed by atoms with Crippen LogP contribution in [0.15, 0.2) is 35.8 Å². The molecule has 0 bridgehead atoms. The Labute approximate surface area is 107 Å². The van der Waals surface area contributed by atoms with Crippen LogP contribution in [-0.4, -0.2) is 11.5 Å². The van der Waals surface area contributed by atoms with Gasteiger partial charge in [-0.05, 0) is 42.6 Å². The maximum absolute atomic E-state index is 4.40. The van der Waals surface area contributed by atoms with E-state index in [-0.39, 0.29) is 0 Å². The Bertz CT molecular complexity index is 450. The van der Waals surface area contributed by atoms with Crippen molar-refractivity contribution in [2.45, 2.75) is 26.3 Å². The van der Waals surface area contributed by atoms with Crippen LogP contribution >= 0.6 is 11.3 Å². The van der Waals surface area contributed by atoms with Gasteiger partial charge >= 0.3 is 0 Å². The summed E-state index contributed by atoms with van der Waals surface area (Å²) in [6, 6.07) is 8.67. The lowest BCUT2D eigenvalue weighted by Gasteiger charge is -2.17. The van der Waals surface area contributed by atoms with E-state index in [1.54, 1.807) is 0 Å². The Hall–Kier alpha value is -1.19. The summed E-state index contributed by atoms with van der Waals surface area (Å²) in [6.45, 7) is 5.30. The number of nitrogens with zero attached hydrogens (tertiary/aromatic N) is 1. The Morgan fingerprint density at radius 3 is 2.82 bits per heavy atom. The highest BCUT2D eigenvalue weighted by Gasteiger charge is 2.15. The van der Waals surface area contributed by atoms with Crippen molar-refractivity contribution in [3.63, 3.8) is 0 Å². The zero-order chi connectivity index (χ0) is 12.1. The highest BCUT2D eigenvalue weighted by molar-refractivity contribution is 7.10. The largest absolute Gasteiger partial charge is 0.309 e. The van der Waals surface area contributed by atoms with E-state index in [0.29, 0.717) is 6.04 Å². The summed E-state index contributed by atoms with van der Waals surface area (Å²) in [5.74, 6) is 0. The molecule has 0 aliphatic heterocycles. The molecule has 3 heteroatoms. The van der Waals surface area contributed by atoms with Crippen molar-refractivity contribution < 1.29 is 0 Å². The number of hydrogen-bond donors (Lipinski definition) is 1. The molecule has 90 valence electrons. The van der Waals surface area contributed by atoms with Gasteiger partial charge in [0, 0.05) is 29.2 Å².